The fourth-order valence-electron chi connectivity index (χ4n) is 5.44. The summed E-state index contributed by atoms with van der Waals surface area (Å²) in [6.45, 7) is -0.831. The van der Waals surface area contributed by atoms with Gasteiger partial charge in [0.2, 0.25) is 11.8 Å². The molecule has 2 aliphatic rings. The molecular weight excluding hydrogens is 736 g/mol. The topological polar surface area (TPSA) is 252 Å². The summed E-state index contributed by atoms with van der Waals surface area (Å²) in [5.74, 6) is 0.190. The molecule has 6 heterocycles. The number of nitrogens with one attached hydrogen (secondary N) is 1. The molecule has 0 aromatic carbocycles. The first-order valence-electron chi connectivity index (χ1n) is 14.4. The van der Waals surface area contributed by atoms with E-state index in [1.54, 1.807) is 12.2 Å². The zero-order valence-electron chi connectivity index (χ0n) is 24.9. The summed E-state index contributed by atoms with van der Waals surface area (Å²) in [6.07, 6.45) is -3.57. The molecule has 2 saturated heterocycles. The SMILES string of the molecule is Nc1nc(OC/C=C/CNc2ncnc3c2ncn3C2O[C@H](CO)[C@@H](O[PH](O)=S)[C@H]2F)c2ncn(C3OC(CO)[C@@H](O[PH](O)=S)[C@H]3F)c2n1. The third-order valence-electron chi connectivity index (χ3n) is 7.55. The van der Waals surface area contributed by atoms with Crippen LogP contribution in [0.15, 0.2) is 31.1 Å². The Morgan fingerprint density at radius 3 is 2.06 bits per heavy atom. The largest absolute Gasteiger partial charge is 0.472 e. The minimum atomic E-state index is -2.69. The number of hydrogen-bond acceptors (Lipinski definition) is 17. The van der Waals surface area contributed by atoms with Gasteiger partial charge in [0, 0.05) is 6.54 Å². The van der Waals surface area contributed by atoms with Crippen molar-refractivity contribution in [1.82, 2.24) is 39.0 Å². The van der Waals surface area contributed by atoms with Crippen molar-refractivity contribution in [2.45, 2.75) is 49.2 Å². The second kappa shape index (κ2) is 15.5. The zero-order chi connectivity index (χ0) is 34.8. The molecular formula is C24H30F2N10O9P2S2. The van der Waals surface area contributed by atoms with Crippen molar-refractivity contribution in [2.75, 3.05) is 37.4 Å². The van der Waals surface area contributed by atoms with E-state index < -0.39 is 76.7 Å². The van der Waals surface area contributed by atoms with Crippen LogP contribution in [0.5, 0.6) is 5.88 Å². The Bertz CT molecular complexity index is 1880. The van der Waals surface area contributed by atoms with E-state index in [1.807, 2.05) is 0 Å². The van der Waals surface area contributed by atoms with E-state index in [1.165, 1.54) is 28.1 Å². The van der Waals surface area contributed by atoms with Gasteiger partial charge in [-0.15, -0.1) is 0 Å². The molecule has 5 unspecified atom stereocenters. The molecule has 6 rings (SSSR count). The van der Waals surface area contributed by atoms with E-state index in [0.717, 1.165) is 0 Å². The van der Waals surface area contributed by atoms with E-state index in [0.29, 0.717) is 11.3 Å². The van der Waals surface area contributed by atoms with Gasteiger partial charge in [0.1, 0.15) is 37.4 Å². The van der Waals surface area contributed by atoms with Crippen molar-refractivity contribution in [3.63, 3.8) is 0 Å². The lowest BCUT2D eigenvalue weighted by Gasteiger charge is -2.17. The first kappa shape index (κ1) is 35.9. The number of rotatable bonds is 14. The van der Waals surface area contributed by atoms with Crippen LogP contribution in [0.4, 0.5) is 20.5 Å². The first-order chi connectivity index (χ1) is 23.6. The molecule has 2 aliphatic heterocycles. The Morgan fingerprint density at radius 1 is 0.878 bits per heavy atom. The molecule has 19 nitrogen and oxygen atoms in total. The quantitative estimate of drug-likeness (QED) is 0.0719. The number of nitrogens with zero attached hydrogens (tertiary/aromatic N) is 8. The predicted molar refractivity (Wildman–Crippen MR) is 176 cm³/mol. The molecule has 2 fully saturated rings. The zero-order valence-corrected chi connectivity index (χ0v) is 28.5. The number of aromatic nitrogens is 8. The highest BCUT2D eigenvalue weighted by Gasteiger charge is 2.49. The summed E-state index contributed by atoms with van der Waals surface area (Å²) in [4.78, 5) is 44.2. The molecule has 25 heteroatoms. The van der Waals surface area contributed by atoms with Crippen molar-refractivity contribution in [3.05, 3.63) is 31.1 Å². The number of aliphatic hydroxyl groups excluding tert-OH is 2. The van der Waals surface area contributed by atoms with Crippen molar-refractivity contribution >= 4 is 72.0 Å². The smallest absolute Gasteiger partial charge is 0.247 e. The van der Waals surface area contributed by atoms with Gasteiger partial charge in [-0.2, -0.15) is 9.97 Å². The summed E-state index contributed by atoms with van der Waals surface area (Å²) in [7, 11) is -5.35. The lowest BCUT2D eigenvalue weighted by molar-refractivity contribution is -0.0430. The third kappa shape index (κ3) is 7.43. The van der Waals surface area contributed by atoms with Gasteiger partial charge in [-0.25, -0.2) is 28.7 Å². The Kier molecular flexibility index (Phi) is 11.4. The highest BCUT2D eigenvalue weighted by molar-refractivity contribution is 8.00. The van der Waals surface area contributed by atoms with Crippen molar-refractivity contribution in [1.29, 1.82) is 0 Å². The fourth-order valence-corrected chi connectivity index (χ4v) is 7.14. The molecule has 0 radical (unpaired) electrons. The summed E-state index contributed by atoms with van der Waals surface area (Å²) < 4.78 is 60.5. The number of nitrogen functional groups attached to an aromatic ring is 1. The number of aliphatic hydroxyl groups is 2. The van der Waals surface area contributed by atoms with Crippen LogP contribution >= 0.6 is 14.3 Å². The molecule has 0 aliphatic carbocycles. The molecule has 0 amide bonds. The third-order valence-corrected chi connectivity index (χ3v) is 9.08. The monoisotopic (exact) mass is 766 g/mol. The van der Waals surface area contributed by atoms with Crippen LogP contribution in [0.2, 0.25) is 0 Å². The Balaban J connectivity index is 1.09. The van der Waals surface area contributed by atoms with Crippen molar-refractivity contribution in [2.24, 2.45) is 0 Å². The average Bonchev–Trinajstić information content (AvgIpc) is 3.83. The van der Waals surface area contributed by atoms with Gasteiger partial charge in [0.25, 0.3) is 0 Å². The second-order valence-electron chi connectivity index (χ2n) is 10.5. The number of anilines is 2. The van der Waals surface area contributed by atoms with Crippen LogP contribution in [0.3, 0.4) is 0 Å². The van der Waals surface area contributed by atoms with Crippen LogP contribution in [0, 0.1) is 0 Å². The maximum atomic E-state index is 15.3. The van der Waals surface area contributed by atoms with Gasteiger partial charge in [-0.05, 0) is 29.7 Å². The number of imidazole rings is 2. The van der Waals surface area contributed by atoms with Crippen LogP contribution < -0.4 is 15.8 Å². The maximum absolute atomic E-state index is 15.3. The van der Waals surface area contributed by atoms with Crippen LogP contribution in [-0.2, 0) is 42.1 Å². The lowest BCUT2D eigenvalue weighted by Crippen LogP contribution is -2.32. The Hall–Kier alpha value is -2.92. The standard InChI is InChI=1S/C24H30F2N10O9P2S2/c25-12-16(44-46(39)48)10(5-37)42-22(12)35-8-31-14-18(29-7-30-19(14)35)28-3-1-2-4-41-21-15-20(33-24(27)34-21)36(9-32-15)23-13(26)17(45-47(40)49)11(6-38)43-23/h1-2,7-13,16-17,22-23,37-38,46-47H,3-6H2,(H,39,48)(H,40,49)(H2,27,33,34)(H,28,29,30)/b2-1+/t10-,11?,12-,13-,16-,17-,22?,23?/m1/s1. The molecule has 7 N–H and O–H groups in total. The maximum Gasteiger partial charge on any atom is 0.247 e. The number of halogens is 2. The number of hydrogen-bond donors (Lipinski definition) is 6. The van der Waals surface area contributed by atoms with Gasteiger partial charge in [0.05, 0.1) is 25.9 Å². The molecule has 0 bridgehead atoms. The number of nitrogens with two attached hydrogens (primary N) is 1. The van der Waals surface area contributed by atoms with Gasteiger partial charge in [0.15, 0.2) is 67.2 Å². The van der Waals surface area contributed by atoms with E-state index in [4.69, 9.17) is 29.0 Å². The van der Waals surface area contributed by atoms with E-state index in [-0.39, 0.29) is 41.8 Å². The molecule has 4 aromatic rings. The van der Waals surface area contributed by atoms with Gasteiger partial charge in [-0.1, -0.05) is 6.08 Å². The molecule has 0 saturated carbocycles. The minimum Gasteiger partial charge on any atom is -0.472 e. The minimum absolute atomic E-state index is 0.0218. The Labute approximate surface area is 286 Å². The van der Waals surface area contributed by atoms with Crippen LogP contribution in [0.1, 0.15) is 12.5 Å². The van der Waals surface area contributed by atoms with Crippen molar-refractivity contribution in [3.8, 4) is 5.88 Å². The highest BCUT2D eigenvalue weighted by atomic mass is 32.4. The average molecular weight is 767 g/mol. The number of fused-ring (bicyclic) bond motifs is 2. The molecule has 4 aromatic heterocycles. The predicted octanol–water partition coefficient (Wildman–Crippen LogP) is -0.182. The lowest BCUT2D eigenvalue weighted by atomic mass is 10.1. The summed E-state index contributed by atoms with van der Waals surface area (Å²) in [5.41, 5.74) is 6.74. The van der Waals surface area contributed by atoms with E-state index in [9.17, 15) is 20.0 Å². The normalized spacial score (nSPS) is 28.5. The van der Waals surface area contributed by atoms with Crippen LogP contribution in [-0.4, -0.2) is 122 Å². The van der Waals surface area contributed by atoms with Crippen molar-refractivity contribution < 1.29 is 52.0 Å². The van der Waals surface area contributed by atoms with E-state index in [2.05, 4.69) is 58.8 Å². The Morgan fingerprint density at radius 2 is 1.47 bits per heavy atom. The van der Waals surface area contributed by atoms with Gasteiger partial charge < -0.3 is 54.3 Å². The fraction of sp³-hybridized carbons (Fsp3) is 0.500. The number of alkyl halides is 2. The molecule has 266 valence electrons. The first-order valence-corrected chi connectivity index (χ1v) is 19.4. The van der Waals surface area contributed by atoms with Gasteiger partial charge >= 0.3 is 0 Å². The number of ether oxygens (including phenoxy) is 3. The molecule has 49 heavy (non-hydrogen) atoms. The second-order valence-corrected chi connectivity index (χ2v) is 14.1. The summed E-state index contributed by atoms with van der Waals surface area (Å²) in [5, 5.41) is 22.3. The van der Waals surface area contributed by atoms with Gasteiger partial charge in [-0.3, -0.25) is 9.13 Å². The van der Waals surface area contributed by atoms with E-state index >= 15 is 8.78 Å². The van der Waals surface area contributed by atoms with Crippen LogP contribution in [0.25, 0.3) is 22.3 Å². The highest BCUT2D eigenvalue weighted by Crippen LogP contribution is 2.40. The molecule has 0 spiro atoms. The summed E-state index contributed by atoms with van der Waals surface area (Å²) in [6, 6.07) is 0. The molecule has 10 atom stereocenters. The summed E-state index contributed by atoms with van der Waals surface area (Å²) >= 11 is 9.36.